The largest absolute Gasteiger partial charge is 0.374 e. The fraction of sp³-hybridized carbons (Fsp3) is 1.00. The van der Waals surface area contributed by atoms with Crippen molar-refractivity contribution in [2.75, 3.05) is 19.7 Å². The quantitative estimate of drug-likeness (QED) is 0.597. The Bertz CT molecular complexity index is 126. The molecule has 78 valence electrons. The Morgan fingerprint density at radius 2 is 2.38 bits per heavy atom. The normalized spacial score (nSPS) is 25.8. The van der Waals surface area contributed by atoms with Crippen molar-refractivity contribution >= 4 is 15.9 Å². The number of halogens is 1. The number of nitrogens with one attached hydrogen (secondary N) is 1. The van der Waals surface area contributed by atoms with Crippen LogP contribution in [0.2, 0.25) is 0 Å². The highest BCUT2D eigenvalue weighted by Crippen LogP contribution is 2.18. The molecule has 1 fully saturated rings. The lowest BCUT2D eigenvalue weighted by Crippen LogP contribution is -2.43. The number of hydrogen-bond donors (Lipinski definition) is 1. The van der Waals surface area contributed by atoms with Gasteiger partial charge in [0.1, 0.15) is 0 Å². The van der Waals surface area contributed by atoms with Gasteiger partial charge in [-0.25, -0.2) is 0 Å². The number of ether oxygens (including phenoxy) is 1. The fourth-order valence-electron chi connectivity index (χ4n) is 1.59. The van der Waals surface area contributed by atoms with Gasteiger partial charge in [0.15, 0.2) is 0 Å². The van der Waals surface area contributed by atoms with Gasteiger partial charge in [0.2, 0.25) is 0 Å². The van der Waals surface area contributed by atoms with Crippen LogP contribution < -0.4 is 5.32 Å². The van der Waals surface area contributed by atoms with E-state index < -0.39 is 0 Å². The summed E-state index contributed by atoms with van der Waals surface area (Å²) in [5, 5.41) is 3.35. The van der Waals surface area contributed by atoms with Crippen LogP contribution in [0.25, 0.3) is 0 Å². The molecule has 0 bridgehead atoms. The van der Waals surface area contributed by atoms with Crippen molar-refractivity contribution in [2.24, 2.45) is 0 Å². The Hall–Kier alpha value is 0.400. The number of rotatable bonds is 5. The monoisotopic (exact) mass is 249 g/mol. The molecule has 1 rings (SSSR count). The van der Waals surface area contributed by atoms with E-state index >= 15 is 0 Å². The summed E-state index contributed by atoms with van der Waals surface area (Å²) in [4.78, 5) is 0.534. The summed E-state index contributed by atoms with van der Waals surface area (Å²) in [7, 11) is 0. The van der Waals surface area contributed by atoms with E-state index in [1.54, 1.807) is 0 Å². The second-order valence-corrected chi connectivity index (χ2v) is 4.80. The van der Waals surface area contributed by atoms with Crippen LogP contribution in [0, 0.1) is 0 Å². The molecule has 0 aromatic heterocycles. The predicted octanol–water partition coefficient (Wildman–Crippen LogP) is 2.32. The second-order valence-electron chi connectivity index (χ2n) is 3.63. The third-order valence-corrected chi connectivity index (χ3v) is 3.49. The molecule has 0 aromatic carbocycles. The Balaban J connectivity index is 2.09. The summed E-state index contributed by atoms with van der Waals surface area (Å²) < 4.78 is 5.66. The zero-order valence-corrected chi connectivity index (χ0v) is 9.98. The molecule has 1 aliphatic heterocycles. The molecule has 2 atom stereocenters. The van der Waals surface area contributed by atoms with Crippen LogP contribution in [0.3, 0.4) is 0 Å². The van der Waals surface area contributed by atoms with E-state index in [1.165, 1.54) is 25.7 Å². The van der Waals surface area contributed by atoms with Gasteiger partial charge in [-0.2, -0.15) is 0 Å². The summed E-state index contributed by atoms with van der Waals surface area (Å²) in [5.74, 6) is 0. The average molecular weight is 250 g/mol. The minimum absolute atomic E-state index is 0.380. The molecule has 0 amide bonds. The first-order valence-corrected chi connectivity index (χ1v) is 6.22. The molecule has 0 spiro atoms. The van der Waals surface area contributed by atoms with E-state index in [-0.39, 0.29) is 0 Å². The smallest absolute Gasteiger partial charge is 0.0824 e. The number of hydrogen-bond acceptors (Lipinski definition) is 2. The fourth-order valence-corrected chi connectivity index (χ4v) is 2.26. The Labute approximate surface area is 89.5 Å². The van der Waals surface area contributed by atoms with Gasteiger partial charge in [0, 0.05) is 17.9 Å². The SMILES string of the molecule is CCCCCC(Br)C1CNCCO1. The zero-order valence-electron chi connectivity index (χ0n) is 8.39. The van der Waals surface area contributed by atoms with Crippen molar-refractivity contribution in [1.29, 1.82) is 0 Å². The van der Waals surface area contributed by atoms with E-state index in [1.807, 2.05) is 0 Å². The van der Waals surface area contributed by atoms with Crippen molar-refractivity contribution in [3.05, 3.63) is 0 Å². The molecule has 0 aliphatic carbocycles. The van der Waals surface area contributed by atoms with Crippen LogP contribution in [-0.2, 0) is 4.74 Å². The highest BCUT2D eigenvalue weighted by Gasteiger charge is 2.21. The highest BCUT2D eigenvalue weighted by molar-refractivity contribution is 9.09. The Kier molecular flexibility index (Phi) is 6.00. The maximum atomic E-state index is 5.66. The van der Waals surface area contributed by atoms with Gasteiger partial charge >= 0.3 is 0 Å². The van der Waals surface area contributed by atoms with E-state index in [0.717, 1.165) is 19.7 Å². The topological polar surface area (TPSA) is 21.3 Å². The van der Waals surface area contributed by atoms with Crippen molar-refractivity contribution in [1.82, 2.24) is 5.32 Å². The van der Waals surface area contributed by atoms with Crippen LogP contribution in [0.5, 0.6) is 0 Å². The summed E-state index contributed by atoms with van der Waals surface area (Å²) in [6, 6.07) is 0. The van der Waals surface area contributed by atoms with Crippen molar-refractivity contribution in [2.45, 2.75) is 43.5 Å². The molecule has 1 heterocycles. The average Bonchev–Trinajstić information content (AvgIpc) is 2.19. The molecule has 0 radical (unpaired) electrons. The van der Waals surface area contributed by atoms with Gasteiger partial charge in [0.25, 0.3) is 0 Å². The number of morpholine rings is 1. The lowest BCUT2D eigenvalue weighted by atomic mass is 10.1. The van der Waals surface area contributed by atoms with Crippen molar-refractivity contribution < 1.29 is 4.74 Å². The first kappa shape index (κ1) is 11.5. The maximum absolute atomic E-state index is 5.66. The van der Waals surface area contributed by atoms with E-state index in [4.69, 9.17) is 4.74 Å². The van der Waals surface area contributed by atoms with Crippen LogP contribution in [0.4, 0.5) is 0 Å². The van der Waals surface area contributed by atoms with E-state index in [9.17, 15) is 0 Å². The van der Waals surface area contributed by atoms with Gasteiger partial charge < -0.3 is 10.1 Å². The number of unbranched alkanes of at least 4 members (excludes halogenated alkanes) is 2. The molecule has 0 aromatic rings. The lowest BCUT2D eigenvalue weighted by Gasteiger charge is -2.27. The zero-order chi connectivity index (χ0) is 9.52. The molecule has 1 saturated heterocycles. The molecule has 2 unspecified atom stereocenters. The molecule has 0 saturated carbocycles. The molecular formula is C10H20BrNO. The molecule has 1 aliphatic rings. The third-order valence-electron chi connectivity index (χ3n) is 2.44. The van der Waals surface area contributed by atoms with Gasteiger partial charge in [-0.1, -0.05) is 42.1 Å². The van der Waals surface area contributed by atoms with Crippen molar-refractivity contribution in [3.8, 4) is 0 Å². The minimum atomic E-state index is 0.380. The van der Waals surface area contributed by atoms with Crippen LogP contribution in [0.1, 0.15) is 32.6 Å². The summed E-state index contributed by atoms with van der Waals surface area (Å²) in [6.07, 6.45) is 5.56. The van der Waals surface area contributed by atoms with Crippen molar-refractivity contribution in [3.63, 3.8) is 0 Å². The van der Waals surface area contributed by atoms with Gasteiger partial charge in [-0.05, 0) is 6.42 Å². The molecule has 13 heavy (non-hydrogen) atoms. The highest BCUT2D eigenvalue weighted by atomic mass is 79.9. The van der Waals surface area contributed by atoms with Crippen LogP contribution in [-0.4, -0.2) is 30.6 Å². The maximum Gasteiger partial charge on any atom is 0.0824 e. The Morgan fingerprint density at radius 1 is 1.54 bits per heavy atom. The summed E-state index contributed by atoms with van der Waals surface area (Å²) in [6.45, 7) is 5.11. The molecule has 2 nitrogen and oxygen atoms in total. The van der Waals surface area contributed by atoms with Crippen LogP contribution in [0.15, 0.2) is 0 Å². The molecular weight excluding hydrogens is 230 g/mol. The van der Waals surface area contributed by atoms with Gasteiger partial charge in [0.05, 0.1) is 12.7 Å². The van der Waals surface area contributed by atoms with E-state index in [0.29, 0.717) is 10.9 Å². The summed E-state index contributed by atoms with van der Waals surface area (Å²) in [5.41, 5.74) is 0. The first-order chi connectivity index (χ1) is 6.34. The minimum Gasteiger partial charge on any atom is -0.374 e. The van der Waals surface area contributed by atoms with E-state index in [2.05, 4.69) is 28.2 Å². The van der Waals surface area contributed by atoms with Gasteiger partial charge in [-0.3, -0.25) is 0 Å². The molecule has 3 heteroatoms. The third kappa shape index (κ3) is 4.43. The standard InChI is InChI=1S/C10H20BrNO/c1-2-3-4-5-9(11)10-8-12-6-7-13-10/h9-10,12H,2-8H2,1H3. The van der Waals surface area contributed by atoms with Gasteiger partial charge in [-0.15, -0.1) is 0 Å². The lowest BCUT2D eigenvalue weighted by molar-refractivity contribution is 0.0272. The first-order valence-electron chi connectivity index (χ1n) is 5.31. The predicted molar refractivity (Wildman–Crippen MR) is 59.5 cm³/mol. The Morgan fingerprint density at radius 3 is 3.00 bits per heavy atom. The molecule has 1 N–H and O–H groups in total. The van der Waals surface area contributed by atoms with Crippen LogP contribution >= 0.6 is 15.9 Å². The number of alkyl halides is 1. The second kappa shape index (κ2) is 6.80. The summed E-state index contributed by atoms with van der Waals surface area (Å²) >= 11 is 3.70.